The highest BCUT2D eigenvalue weighted by atomic mass is 16.8. The standard InChI is InChI=1S/C19H26O6/c1-18(2)21-11-13(23-18)14-15(20-10-12-8-6-5-7-9-12)16-17(22-14)25-19(3,4)24-16/h5-9,13-17H,10-11H2,1-4H3/t13-,14-,15-,16-,17?/m1/s1. The van der Waals surface area contributed by atoms with Crippen LogP contribution >= 0.6 is 0 Å². The molecule has 0 bridgehead atoms. The first-order chi connectivity index (χ1) is 11.8. The smallest absolute Gasteiger partial charge is 0.190 e. The molecule has 6 heteroatoms. The van der Waals surface area contributed by atoms with Gasteiger partial charge in [0.15, 0.2) is 17.9 Å². The van der Waals surface area contributed by atoms with Gasteiger partial charge in [-0.25, -0.2) is 0 Å². The average molecular weight is 350 g/mol. The minimum absolute atomic E-state index is 0.211. The van der Waals surface area contributed by atoms with E-state index in [1.165, 1.54) is 0 Å². The number of benzene rings is 1. The van der Waals surface area contributed by atoms with Gasteiger partial charge in [-0.1, -0.05) is 30.3 Å². The van der Waals surface area contributed by atoms with Gasteiger partial charge in [-0.3, -0.25) is 0 Å². The van der Waals surface area contributed by atoms with Crippen molar-refractivity contribution < 1.29 is 28.4 Å². The molecule has 25 heavy (non-hydrogen) atoms. The Kier molecular flexibility index (Phi) is 4.38. The molecule has 1 aromatic carbocycles. The average Bonchev–Trinajstić information content (AvgIpc) is 3.15. The predicted octanol–water partition coefficient (Wildman–Crippen LogP) is 2.60. The van der Waals surface area contributed by atoms with E-state index in [4.69, 9.17) is 28.4 Å². The molecule has 0 aliphatic carbocycles. The lowest BCUT2D eigenvalue weighted by molar-refractivity contribution is -0.236. The Morgan fingerprint density at radius 1 is 0.960 bits per heavy atom. The topological polar surface area (TPSA) is 55.4 Å². The third-order valence-electron chi connectivity index (χ3n) is 4.71. The van der Waals surface area contributed by atoms with Crippen molar-refractivity contribution in [3.8, 4) is 0 Å². The second-order valence-electron chi connectivity index (χ2n) is 7.70. The lowest BCUT2D eigenvalue weighted by Crippen LogP contribution is -2.44. The molecular formula is C19H26O6. The van der Waals surface area contributed by atoms with E-state index in [2.05, 4.69) is 0 Å². The van der Waals surface area contributed by atoms with Gasteiger partial charge in [0.2, 0.25) is 0 Å². The van der Waals surface area contributed by atoms with Gasteiger partial charge in [-0.05, 0) is 33.3 Å². The summed E-state index contributed by atoms with van der Waals surface area (Å²) in [4.78, 5) is 0. The number of ether oxygens (including phenoxy) is 6. The van der Waals surface area contributed by atoms with E-state index in [0.717, 1.165) is 5.56 Å². The SMILES string of the molecule is CC1(C)OC[C@H]([C@H]2OC3OC(C)(C)O[C@@H]3[C@@H]2OCc2ccccc2)O1. The molecule has 0 spiro atoms. The fourth-order valence-corrected chi connectivity index (χ4v) is 3.64. The van der Waals surface area contributed by atoms with Crippen molar-refractivity contribution >= 4 is 0 Å². The van der Waals surface area contributed by atoms with E-state index in [9.17, 15) is 0 Å². The zero-order valence-corrected chi connectivity index (χ0v) is 15.1. The molecule has 1 aromatic rings. The van der Waals surface area contributed by atoms with Crippen molar-refractivity contribution in [2.75, 3.05) is 6.61 Å². The summed E-state index contributed by atoms with van der Waals surface area (Å²) in [6.45, 7) is 8.52. The van der Waals surface area contributed by atoms with Gasteiger partial charge in [0.1, 0.15) is 24.4 Å². The first-order valence-electron chi connectivity index (χ1n) is 8.81. The minimum Gasteiger partial charge on any atom is -0.368 e. The fraction of sp³-hybridized carbons (Fsp3) is 0.684. The van der Waals surface area contributed by atoms with E-state index in [-0.39, 0.29) is 24.4 Å². The van der Waals surface area contributed by atoms with E-state index in [1.807, 2.05) is 58.0 Å². The van der Waals surface area contributed by atoms with Crippen LogP contribution in [-0.4, -0.2) is 48.9 Å². The molecule has 0 radical (unpaired) electrons. The Bertz CT molecular complexity index is 601. The first-order valence-corrected chi connectivity index (χ1v) is 8.81. The molecule has 3 heterocycles. The maximum absolute atomic E-state index is 6.22. The van der Waals surface area contributed by atoms with E-state index in [1.54, 1.807) is 0 Å². The van der Waals surface area contributed by atoms with Crippen LogP contribution in [0.1, 0.15) is 33.3 Å². The molecule has 138 valence electrons. The maximum atomic E-state index is 6.22. The second kappa shape index (κ2) is 6.30. The van der Waals surface area contributed by atoms with Crippen molar-refractivity contribution in [1.82, 2.24) is 0 Å². The van der Waals surface area contributed by atoms with Crippen molar-refractivity contribution in [3.63, 3.8) is 0 Å². The molecule has 1 unspecified atom stereocenters. The number of hydrogen-bond acceptors (Lipinski definition) is 6. The van der Waals surface area contributed by atoms with Crippen LogP contribution in [0.4, 0.5) is 0 Å². The summed E-state index contributed by atoms with van der Waals surface area (Å²) < 4.78 is 36.0. The summed E-state index contributed by atoms with van der Waals surface area (Å²) in [5, 5.41) is 0. The van der Waals surface area contributed by atoms with Crippen LogP contribution < -0.4 is 0 Å². The zero-order valence-electron chi connectivity index (χ0n) is 15.1. The number of fused-ring (bicyclic) bond motifs is 1. The first kappa shape index (κ1) is 17.4. The minimum atomic E-state index is -0.680. The molecule has 4 rings (SSSR count). The van der Waals surface area contributed by atoms with E-state index >= 15 is 0 Å². The molecule has 3 aliphatic heterocycles. The molecule has 0 amide bonds. The summed E-state index contributed by atoms with van der Waals surface area (Å²) in [5.41, 5.74) is 1.10. The van der Waals surface area contributed by atoms with Gasteiger partial charge in [0.05, 0.1) is 13.2 Å². The summed E-state index contributed by atoms with van der Waals surface area (Å²) in [6, 6.07) is 10.1. The lowest BCUT2D eigenvalue weighted by atomic mass is 10.1. The number of rotatable bonds is 4. The van der Waals surface area contributed by atoms with Crippen LogP contribution in [0.25, 0.3) is 0 Å². The normalized spacial score (nSPS) is 38.8. The Morgan fingerprint density at radius 2 is 1.72 bits per heavy atom. The maximum Gasteiger partial charge on any atom is 0.190 e. The highest BCUT2D eigenvalue weighted by molar-refractivity contribution is 5.13. The van der Waals surface area contributed by atoms with Crippen molar-refractivity contribution in [2.24, 2.45) is 0 Å². The molecular weight excluding hydrogens is 324 g/mol. The molecule has 3 aliphatic rings. The highest BCUT2D eigenvalue weighted by Gasteiger charge is 2.58. The third kappa shape index (κ3) is 3.60. The summed E-state index contributed by atoms with van der Waals surface area (Å²) in [7, 11) is 0. The lowest BCUT2D eigenvalue weighted by Gasteiger charge is -2.29. The van der Waals surface area contributed by atoms with Crippen LogP contribution in [0.5, 0.6) is 0 Å². The summed E-state index contributed by atoms with van der Waals surface area (Å²) in [5.74, 6) is -1.29. The Labute approximate surface area is 148 Å². The van der Waals surface area contributed by atoms with Crippen LogP contribution in [0.2, 0.25) is 0 Å². The summed E-state index contributed by atoms with van der Waals surface area (Å²) in [6.07, 6.45) is -1.52. The number of hydrogen-bond donors (Lipinski definition) is 0. The van der Waals surface area contributed by atoms with Gasteiger partial charge in [0.25, 0.3) is 0 Å². The Balaban J connectivity index is 1.50. The third-order valence-corrected chi connectivity index (χ3v) is 4.71. The van der Waals surface area contributed by atoms with Gasteiger partial charge in [-0.15, -0.1) is 0 Å². The molecule has 0 N–H and O–H groups in total. The molecule has 6 nitrogen and oxygen atoms in total. The molecule has 3 saturated heterocycles. The van der Waals surface area contributed by atoms with Crippen molar-refractivity contribution in [1.29, 1.82) is 0 Å². The van der Waals surface area contributed by atoms with Gasteiger partial charge in [0, 0.05) is 0 Å². The Hall–Kier alpha value is -1.02. The zero-order chi connectivity index (χ0) is 17.7. The molecule has 0 aromatic heterocycles. The largest absolute Gasteiger partial charge is 0.368 e. The van der Waals surface area contributed by atoms with E-state index < -0.39 is 17.9 Å². The quantitative estimate of drug-likeness (QED) is 0.832. The monoisotopic (exact) mass is 350 g/mol. The van der Waals surface area contributed by atoms with Crippen molar-refractivity contribution in [2.45, 2.75) is 76.6 Å². The fourth-order valence-electron chi connectivity index (χ4n) is 3.64. The van der Waals surface area contributed by atoms with Gasteiger partial charge in [-0.2, -0.15) is 0 Å². The van der Waals surface area contributed by atoms with Crippen LogP contribution in [0.3, 0.4) is 0 Å². The summed E-state index contributed by atoms with van der Waals surface area (Å²) >= 11 is 0. The van der Waals surface area contributed by atoms with Crippen LogP contribution in [0.15, 0.2) is 30.3 Å². The molecule has 3 fully saturated rings. The van der Waals surface area contributed by atoms with Crippen molar-refractivity contribution in [3.05, 3.63) is 35.9 Å². The van der Waals surface area contributed by atoms with Gasteiger partial charge < -0.3 is 28.4 Å². The van der Waals surface area contributed by atoms with E-state index in [0.29, 0.717) is 13.2 Å². The van der Waals surface area contributed by atoms with Crippen LogP contribution in [-0.2, 0) is 35.0 Å². The van der Waals surface area contributed by atoms with Gasteiger partial charge >= 0.3 is 0 Å². The predicted molar refractivity (Wildman–Crippen MR) is 88.6 cm³/mol. The second-order valence-corrected chi connectivity index (χ2v) is 7.70. The molecule has 0 saturated carbocycles. The van der Waals surface area contributed by atoms with Crippen LogP contribution in [0, 0.1) is 0 Å². The molecule has 5 atom stereocenters. The Morgan fingerprint density at radius 3 is 2.40 bits per heavy atom. The highest BCUT2D eigenvalue weighted by Crippen LogP contribution is 2.42.